The summed E-state index contributed by atoms with van der Waals surface area (Å²) in [6.45, 7) is 3.17. The van der Waals surface area contributed by atoms with Crippen molar-refractivity contribution >= 4 is 0 Å². The van der Waals surface area contributed by atoms with Crippen LogP contribution in [0.5, 0.6) is 0 Å². The van der Waals surface area contributed by atoms with Gasteiger partial charge in [0, 0.05) is 12.7 Å². The first-order valence-corrected chi connectivity index (χ1v) is 6.04. The van der Waals surface area contributed by atoms with Crippen molar-refractivity contribution in [1.82, 2.24) is 15.1 Å². The van der Waals surface area contributed by atoms with Gasteiger partial charge in [0.05, 0.1) is 0 Å². The van der Waals surface area contributed by atoms with Gasteiger partial charge in [0.2, 0.25) is 0 Å². The molecular weight excluding hydrogens is 274 g/mol. The lowest BCUT2D eigenvalue weighted by Gasteiger charge is -2.07. The number of alkyl halides is 3. The van der Waals surface area contributed by atoms with Gasteiger partial charge in [0.15, 0.2) is 5.69 Å². The van der Waals surface area contributed by atoms with Crippen molar-refractivity contribution in [2.75, 3.05) is 6.54 Å². The number of nitrogens with one attached hydrogen (secondary N) is 1. The van der Waals surface area contributed by atoms with Gasteiger partial charge < -0.3 is 5.32 Å². The SMILES string of the molecule is CCNCc1ccc(-n2ccc(C(F)(F)F)n2)c(F)c1. The minimum Gasteiger partial charge on any atom is -0.313 e. The molecule has 1 N–H and O–H groups in total. The molecule has 0 aliphatic rings. The molecular formula is C13H13F4N3. The van der Waals surface area contributed by atoms with Gasteiger partial charge in [0.1, 0.15) is 11.5 Å². The zero-order chi connectivity index (χ0) is 14.8. The number of nitrogens with zero attached hydrogens (tertiary/aromatic N) is 2. The van der Waals surface area contributed by atoms with Crippen LogP contribution in [0.4, 0.5) is 17.6 Å². The highest BCUT2D eigenvalue weighted by molar-refractivity contribution is 5.36. The summed E-state index contributed by atoms with van der Waals surface area (Å²) < 4.78 is 52.1. The molecule has 0 aliphatic heterocycles. The second-order valence-corrected chi connectivity index (χ2v) is 4.21. The smallest absolute Gasteiger partial charge is 0.313 e. The first kappa shape index (κ1) is 14.5. The summed E-state index contributed by atoms with van der Waals surface area (Å²) in [4.78, 5) is 0. The van der Waals surface area contributed by atoms with Crippen LogP contribution in [-0.4, -0.2) is 16.3 Å². The summed E-state index contributed by atoms with van der Waals surface area (Å²) in [6.07, 6.45) is -3.45. The predicted octanol–water partition coefficient (Wildman–Crippen LogP) is 3.14. The Morgan fingerprint density at radius 3 is 2.55 bits per heavy atom. The normalized spacial score (nSPS) is 11.8. The summed E-state index contributed by atoms with van der Waals surface area (Å²) in [5, 5.41) is 6.38. The lowest BCUT2D eigenvalue weighted by molar-refractivity contribution is -0.141. The zero-order valence-corrected chi connectivity index (χ0v) is 10.7. The van der Waals surface area contributed by atoms with E-state index in [2.05, 4.69) is 10.4 Å². The summed E-state index contributed by atoms with van der Waals surface area (Å²) in [7, 11) is 0. The van der Waals surface area contributed by atoms with Gasteiger partial charge >= 0.3 is 6.18 Å². The van der Waals surface area contributed by atoms with Crippen LogP contribution in [0.25, 0.3) is 5.69 Å². The van der Waals surface area contributed by atoms with E-state index < -0.39 is 17.7 Å². The van der Waals surface area contributed by atoms with Crippen LogP contribution >= 0.6 is 0 Å². The first-order valence-electron chi connectivity index (χ1n) is 6.04. The largest absolute Gasteiger partial charge is 0.435 e. The molecule has 0 atom stereocenters. The summed E-state index contributed by atoms with van der Waals surface area (Å²) in [6, 6.07) is 5.16. The van der Waals surface area contributed by atoms with Crippen LogP contribution in [0.3, 0.4) is 0 Å². The molecule has 0 saturated heterocycles. The van der Waals surface area contributed by atoms with Crippen LogP contribution in [0.15, 0.2) is 30.5 Å². The molecule has 0 aliphatic carbocycles. The quantitative estimate of drug-likeness (QED) is 0.876. The van der Waals surface area contributed by atoms with Crippen molar-refractivity contribution in [1.29, 1.82) is 0 Å². The summed E-state index contributed by atoms with van der Waals surface area (Å²) >= 11 is 0. The lowest BCUT2D eigenvalue weighted by atomic mass is 10.2. The maximum atomic E-state index is 13.9. The minimum atomic E-state index is -4.54. The Bertz CT molecular complexity index is 590. The van der Waals surface area contributed by atoms with E-state index in [1.54, 1.807) is 6.07 Å². The molecule has 3 nitrogen and oxygen atoms in total. The van der Waals surface area contributed by atoms with Crippen LogP contribution in [0.1, 0.15) is 18.2 Å². The third-order valence-corrected chi connectivity index (χ3v) is 2.72. The monoisotopic (exact) mass is 287 g/mol. The number of rotatable bonds is 4. The molecule has 0 fully saturated rings. The Morgan fingerprint density at radius 1 is 1.25 bits per heavy atom. The van der Waals surface area contributed by atoms with E-state index in [0.29, 0.717) is 6.54 Å². The highest BCUT2D eigenvalue weighted by atomic mass is 19.4. The number of hydrogen-bond donors (Lipinski definition) is 1. The maximum absolute atomic E-state index is 13.9. The molecule has 0 radical (unpaired) electrons. The average Bonchev–Trinajstić information content (AvgIpc) is 2.85. The molecule has 1 aromatic heterocycles. The first-order chi connectivity index (χ1) is 9.41. The van der Waals surface area contributed by atoms with E-state index >= 15 is 0 Å². The Balaban J connectivity index is 2.27. The van der Waals surface area contributed by atoms with E-state index in [0.717, 1.165) is 29.1 Å². The molecule has 2 rings (SSSR count). The molecule has 20 heavy (non-hydrogen) atoms. The third kappa shape index (κ3) is 3.16. The molecule has 0 unspecified atom stereocenters. The van der Waals surface area contributed by atoms with Gasteiger partial charge in [-0.15, -0.1) is 0 Å². The van der Waals surface area contributed by atoms with E-state index in [4.69, 9.17) is 0 Å². The Kier molecular flexibility index (Phi) is 4.08. The number of aromatic nitrogens is 2. The van der Waals surface area contributed by atoms with E-state index in [9.17, 15) is 17.6 Å². The van der Waals surface area contributed by atoms with Gasteiger partial charge in [0.25, 0.3) is 0 Å². The summed E-state index contributed by atoms with van der Waals surface area (Å²) in [5.74, 6) is -0.614. The fraction of sp³-hybridized carbons (Fsp3) is 0.308. The van der Waals surface area contributed by atoms with Crippen molar-refractivity contribution in [2.24, 2.45) is 0 Å². The van der Waals surface area contributed by atoms with E-state index in [-0.39, 0.29) is 5.69 Å². The van der Waals surface area contributed by atoms with Gasteiger partial charge in [-0.25, -0.2) is 9.07 Å². The van der Waals surface area contributed by atoms with Crippen molar-refractivity contribution in [3.63, 3.8) is 0 Å². The molecule has 0 spiro atoms. The van der Waals surface area contributed by atoms with Crippen LogP contribution in [0.2, 0.25) is 0 Å². The van der Waals surface area contributed by atoms with Crippen molar-refractivity contribution in [2.45, 2.75) is 19.6 Å². The van der Waals surface area contributed by atoms with E-state index in [1.807, 2.05) is 6.92 Å². The highest BCUT2D eigenvalue weighted by Crippen LogP contribution is 2.28. The molecule has 1 aromatic carbocycles. The fourth-order valence-electron chi connectivity index (χ4n) is 1.72. The molecule has 108 valence electrons. The molecule has 0 saturated carbocycles. The molecule has 7 heteroatoms. The van der Waals surface area contributed by atoms with Gasteiger partial charge in [-0.3, -0.25) is 0 Å². The highest BCUT2D eigenvalue weighted by Gasteiger charge is 2.33. The second kappa shape index (κ2) is 5.62. The van der Waals surface area contributed by atoms with Crippen molar-refractivity contribution < 1.29 is 17.6 Å². The van der Waals surface area contributed by atoms with Crippen molar-refractivity contribution in [3.05, 3.63) is 47.5 Å². The molecule has 1 heterocycles. The van der Waals surface area contributed by atoms with Gasteiger partial charge in [-0.2, -0.15) is 18.3 Å². The number of halogens is 4. The zero-order valence-electron chi connectivity index (χ0n) is 10.7. The van der Waals surface area contributed by atoms with Gasteiger partial charge in [-0.1, -0.05) is 13.0 Å². The second-order valence-electron chi connectivity index (χ2n) is 4.21. The average molecular weight is 287 g/mol. The maximum Gasteiger partial charge on any atom is 0.435 e. The Morgan fingerprint density at radius 2 is 2.00 bits per heavy atom. The van der Waals surface area contributed by atoms with E-state index in [1.165, 1.54) is 12.1 Å². The Hall–Kier alpha value is -1.89. The third-order valence-electron chi connectivity index (χ3n) is 2.72. The lowest BCUT2D eigenvalue weighted by Crippen LogP contribution is -2.12. The number of benzene rings is 1. The number of hydrogen-bond acceptors (Lipinski definition) is 2. The van der Waals surface area contributed by atoms with Gasteiger partial charge in [-0.05, 0) is 30.3 Å². The minimum absolute atomic E-state index is 0.0132. The summed E-state index contributed by atoms with van der Waals surface area (Å²) in [5.41, 5.74) is -0.342. The molecule has 0 amide bonds. The van der Waals surface area contributed by atoms with Crippen LogP contribution in [-0.2, 0) is 12.7 Å². The standard InChI is InChI=1S/C13H13F4N3/c1-2-18-8-9-3-4-11(10(14)7-9)20-6-5-12(19-20)13(15,16)17/h3-7,18H,2,8H2,1H3. The predicted molar refractivity (Wildman–Crippen MR) is 65.9 cm³/mol. The van der Waals surface area contributed by atoms with Crippen molar-refractivity contribution in [3.8, 4) is 5.69 Å². The van der Waals surface area contributed by atoms with Crippen LogP contribution in [0, 0.1) is 5.82 Å². The molecule has 0 bridgehead atoms. The Labute approximate surface area is 113 Å². The van der Waals surface area contributed by atoms with Crippen LogP contribution < -0.4 is 5.32 Å². The fourth-order valence-corrected chi connectivity index (χ4v) is 1.72. The topological polar surface area (TPSA) is 29.9 Å². The molecule has 2 aromatic rings.